The molecule has 6 nitrogen and oxygen atoms in total. The minimum absolute atomic E-state index is 0.0646. The fourth-order valence-electron chi connectivity index (χ4n) is 2.85. The van der Waals surface area contributed by atoms with Crippen molar-refractivity contribution in [1.82, 2.24) is 20.1 Å². The van der Waals surface area contributed by atoms with E-state index in [4.69, 9.17) is 27.9 Å². The number of hydrogen-bond donors (Lipinski definition) is 1. The van der Waals surface area contributed by atoms with Crippen LogP contribution in [0.3, 0.4) is 0 Å². The molecule has 1 heterocycles. The second-order valence-corrected chi connectivity index (χ2v) is 8.51. The third kappa shape index (κ3) is 5.68. The number of benzene rings is 2. The number of ether oxygens (including phenoxy) is 1. The number of nitrogens with one attached hydrogen (secondary N) is 1. The van der Waals surface area contributed by atoms with E-state index in [1.807, 2.05) is 55.8 Å². The van der Waals surface area contributed by atoms with E-state index in [1.54, 1.807) is 18.2 Å². The van der Waals surface area contributed by atoms with Crippen molar-refractivity contribution in [1.29, 1.82) is 0 Å². The summed E-state index contributed by atoms with van der Waals surface area (Å²) in [6.07, 6.45) is -0.403. The first-order valence-electron chi connectivity index (χ1n) is 9.33. The highest BCUT2D eigenvalue weighted by atomic mass is 35.5. The molecule has 0 radical (unpaired) electrons. The molecule has 1 N–H and O–H groups in total. The van der Waals surface area contributed by atoms with Crippen LogP contribution in [0.15, 0.2) is 53.7 Å². The van der Waals surface area contributed by atoms with Crippen molar-refractivity contribution < 1.29 is 9.53 Å². The second kappa shape index (κ2) is 10.2. The van der Waals surface area contributed by atoms with Crippen molar-refractivity contribution in [3.8, 4) is 5.75 Å². The first kappa shape index (κ1) is 22.5. The maximum Gasteiger partial charge on any atom is 0.230 e. The van der Waals surface area contributed by atoms with E-state index >= 15 is 0 Å². The molecule has 0 spiro atoms. The van der Waals surface area contributed by atoms with Crippen LogP contribution in [-0.4, -0.2) is 26.4 Å². The van der Waals surface area contributed by atoms with E-state index in [0.717, 1.165) is 5.56 Å². The Morgan fingerprint density at radius 2 is 1.90 bits per heavy atom. The molecule has 3 rings (SSSR count). The molecular weight excluding hydrogens is 443 g/mol. The second-order valence-electron chi connectivity index (χ2n) is 6.72. The van der Waals surface area contributed by atoms with Crippen LogP contribution in [0.25, 0.3) is 0 Å². The molecule has 0 aliphatic heterocycles. The van der Waals surface area contributed by atoms with Crippen LogP contribution in [0, 0.1) is 0 Å². The summed E-state index contributed by atoms with van der Waals surface area (Å²) in [6, 6.07) is 14.8. The minimum Gasteiger partial charge on any atom is -0.481 e. The molecule has 0 aliphatic carbocycles. The predicted octanol–water partition coefficient (Wildman–Crippen LogP) is 5.23. The molecule has 0 aliphatic rings. The highest BCUT2D eigenvalue weighted by molar-refractivity contribution is 7.99. The zero-order valence-corrected chi connectivity index (χ0v) is 19.1. The molecule has 158 valence electrons. The SMILES string of the molecule is CC(NC(=O)CSc1nnc(C(C)Oc2cc(Cl)ccc2Cl)n1C)c1ccccc1. The Labute approximate surface area is 189 Å². The van der Waals surface area contributed by atoms with Gasteiger partial charge in [-0.25, -0.2) is 0 Å². The van der Waals surface area contributed by atoms with Gasteiger partial charge in [-0.15, -0.1) is 10.2 Å². The standard InChI is InChI=1S/C21H22Cl2N4O2S/c1-13(15-7-5-4-6-8-15)24-19(28)12-30-21-26-25-20(27(21)3)14(2)29-18-11-16(22)9-10-17(18)23/h4-11,13-14H,12H2,1-3H3,(H,24,28). The van der Waals surface area contributed by atoms with Gasteiger partial charge in [0.25, 0.3) is 0 Å². The van der Waals surface area contributed by atoms with Crippen LogP contribution in [0.1, 0.15) is 37.4 Å². The van der Waals surface area contributed by atoms with Crippen molar-refractivity contribution in [3.05, 3.63) is 70.0 Å². The molecule has 0 saturated heterocycles. The highest BCUT2D eigenvalue weighted by Gasteiger charge is 2.19. The zero-order valence-electron chi connectivity index (χ0n) is 16.8. The monoisotopic (exact) mass is 464 g/mol. The highest BCUT2D eigenvalue weighted by Crippen LogP contribution is 2.31. The van der Waals surface area contributed by atoms with Crippen LogP contribution in [-0.2, 0) is 11.8 Å². The zero-order chi connectivity index (χ0) is 21.7. The Hall–Kier alpha value is -2.22. The molecule has 0 bridgehead atoms. The lowest BCUT2D eigenvalue weighted by Gasteiger charge is -2.16. The Bertz CT molecular complexity index is 1010. The van der Waals surface area contributed by atoms with Crippen LogP contribution < -0.4 is 10.1 Å². The normalized spacial score (nSPS) is 13.0. The first-order valence-corrected chi connectivity index (χ1v) is 11.1. The third-order valence-corrected chi connectivity index (χ3v) is 6.01. The van der Waals surface area contributed by atoms with Gasteiger partial charge in [0.15, 0.2) is 17.1 Å². The number of hydrogen-bond acceptors (Lipinski definition) is 5. The van der Waals surface area contributed by atoms with Gasteiger partial charge < -0.3 is 14.6 Å². The van der Waals surface area contributed by atoms with Gasteiger partial charge >= 0.3 is 0 Å². The molecule has 2 atom stereocenters. The van der Waals surface area contributed by atoms with Gasteiger partial charge in [0.2, 0.25) is 5.91 Å². The van der Waals surface area contributed by atoms with E-state index in [-0.39, 0.29) is 17.7 Å². The maximum absolute atomic E-state index is 12.3. The van der Waals surface area contributed by atoms with E-state index in [0.29, 0.717) is 26.8 Å². The lowest BCUT2D eigenvalue weighted by molar-refractivity contribution is -0.119. The molecule has 0 saturated carbocycles. The number of carbonyl (C=O) groups excluding carboxylic acids is 1. The molecule has 1 aromatic heterocycles. The van der Waals surface area contributed by atoms with Crippen LogP contribution in [0.4, 0.5) is 0 Å². The quantitative estimate of drug-likeness (QED) is 0.462. The van der Waals surface area contributed by atoms with Crippen molar-refractivity contribution in [2.75, 3.05) is 5.75 Å². The van der Waals surface area contributed by atoms with Gasteiger partial charge in [-0.3, -0.25) is 4.79 Å². The van der Waals surface area contributed by atoms with Crippen molar-refractivity contribution >= 4 is 40.9 Å². The lowest BCUT2D eigenvalue weighted by atomic mass is 10.1. The van der Waals surface area contributed by atoms with Gasteiger partial charge in [0.05, 0.1) is 16.8 Å². The summed E-state index contributed by atoms with van der Waals surface area (Å²) in [5.41, 5.74) is 1.06. The van der Waals surface area contributed by atoms with Crippen LogP contribution in [0.5, 0.6) is 5.75 Å². The fraction of sp³-hybridized carbons (Fsp3) is 0.286. The predicted molar refractivity (Wildman–Crippen MR) is 120 cm³/mol. The summed E-state index contributed by atoms with van der Waals surface area (Å²) in [7, 11) is 1.83. The van der Waals surface area contributed by atoms with E-state index in [1.165, 1.54) is 11.8 Å². The molecule has 2 aromatic carbocycles. The minimum atomic E-state index is -0.403. The van der Waals surface area contributed by atoms with E-state index < -0.39 is 6.10 Å². The summed E-state index contributed by atoms with van der Waals surface area (Å²) >= 11 is 13.5. The van der Waals surface area contributed by atoms with Gasteiger partial charge in [-0.2, -0.15) is 0 Å². The van der Waals surface area contributed by atoms with E-state index in [2.05, 4.69) is 15.5 Å². The average Bonchev–Trinajstić information content (AvgIpc) is 3.10. The first-order chi connectivity index (χ1) is 14.3. The number of thioether (sulfide) groups is 1. The van der Waals surface area contributed by atoms with Crippen molar-refractivity contribution in [2.24, 2.45) is 7.05 Å². The smallest absolute Gasteiger partial charge is 0.230 e. The summed E-state index contributed by atoms with van der Waals surface area (Å²) in [5.74, 6) is 1.25. The Balaban J connectivity index is 1.58. The van der Waals surface area contributed by atoms with Crippen molar-refractivity contribution in [2.45, 2.75) is 31.1 Å². The van der Waals surface area contributed by atoms with Gasteiger partial charge in [-0.05, 0) is 31.5 Å². The van der Waals surface area contributed by atoms with Gasteiger partial charge in [-0.1, -0.05) is 65.3 Å². The van der Waals surface area contributed by atoms with Crippen molar-refractivity contribution in [3.63, 3.8) is 0 Å². The number of halogens is 2. The molecule has 9 heteroatoms. The Kier molecular flexibility index (Phi) is 7.64. The lowest BCUT2D eigenvalue weighted by Crippen LogP contribution is -2.28. The molecular formula is C21H22Cl2N4O2S. The van der Waals surface area contributed by atoms with Crippen LogP contribution in [0.2, 0.25) is 10.0 Å². The largest absolute Gasteiger partial charge is 0.481 e. The average molecular weight is 465 g/mol. The molecule has 3 aromatic rings. The topological polar surface area (TPSA) is 69.0 Å². The van der Waals surface area contributed by atoms with Gasteiger partial charge in [0.1, 0.15) is 5.75 Å². The Morgan fingerprint density at radius 3 is 2.63 bits per heavy atom. The Morgan fingerprint density at radius 1 is 1.17 bits per heavy atom. The van der Waals surface area contributed by atoms with Crippen LogP contribution >= 0.6 is 35.0 Å². The molecule has 30 heavy (non-hydrogen) atoms. The molecule has 1 amide bonds. The van der Waals surface area contributed by atoms with Gasteiger partial charge in [0, 0.05) is 18.1 Å². The summed E-state index contributed by atoms with van der Waals surface area (Å²) < 4.78 is 7.71. The molecule has 2 unspecified atom stereocenters. The number of carbonyl (C=O) groups is 1. The fourth-order valence-corrected chi connectivity index (χ4v) is 3.91. The van der Waals surface area contributed by atoms with E-state index in [9.17, 15) is 4.79 Å². The summed E-state index contributed by atoms with van der Waals surface area (Å²) in [5, 5.41) is 13.0. The number of amides is 1. The number of rotatable bonds is 8. The molecule has 0 fully saturated rings. The number of aromatic nitrogens is 3. The maximum atomic E-state index is 12.3. The summed E-state index contributed by atoms with van der Waals surface area (Å²) in [4.78, 5) is 12.3. The summed E-state index contributed by atoms with van der Waals surface area (Å²) in [6.45, 7) is 3.81. The third-order valence-electron chi connectivity index (χ3n) is 4.44. The number of nitrogens with zero attached hydrogens (tertiary/aromatic N) is 3.